The number of aromatic nitrogens is 2. The molecule has 5 rings (SSSR count). The van der Waals surface area contributed by atoms with E-state index in [1.807, 2.05) is 25.1 Å². The Morgan fingerprint density at radius 3 is 2.49 bits per heavy atom. The number of carbonyl (C=O) groups excluding carboxylic acids is 2. The summed E-state index contributed by atoms with van der Waals surface area (Å²) in [5.41, 5.74) is 2.93. The summed E-state index contributed by atoms with van der Waals surface area (Å²) >= 11 is 7.00. The first kappa shape index (κ1) is 25.0. The Hall–Kier alpha value is -3.62. The molecule has 2 aromatic heterocycles. The molecule has 0 spiro atoms. The van der Waals surface area contributed by atoms with E-state index in [0.29, 0.717) is 21.3 Å². The van der Waals surface area contributed by atoms with Crippen LogP contribution in [0.2, 0.25) is 5.02 Å². The number of carbonyl (C=O) groups is 2. The highest BCUT2D eigenvalue weighted by atomic mass is 35.5. The minimum absolute atomic E-state index is 0.0474. The van der Waals surface area contributed by atoms with Crippen molar-refractivity contribution in [1.82, 2.24) is 9.97 Å². The molecule has 0 radical (unpaired) electrons. The van der Waals surface area contributed by atoms with Crippen LogP contribution in [0.15, 0.2) is 60.4 Å². The molecule has 37 heavy (non-hydrogen) atoms. The number of anilines is 1. The molecule has 1 atom stereocenters. The summed E-state index contributed by atoms with van der Waals surface area (Å²) in [7, 11) is 0. The largest absolute Gasteiger partial charge is 0.507 e. The van der Waals surface area contributed by atoms with Crippen LogP contribution in [0.5, 0.6) is 0 Å². The molecule has 1 amide bonds. The number of ketones is 1. The second-order valence-corrected chi connectivity index (χ2v) is 11.4. The van der Waals surface area contributed by atoms with Crippen molar-refractivity contribution in [3.63, 3.8) is 0 Å². The van der Waals surface area contributed by atoms with Crippen LogP contribution in [-0.4, -0.2) is 26.8 Å². The van der Waals surface area contributed by atoms with Gasteiger partial charge in [0.05, 0.1) is 26.9 Å². The van der Waals surface area contributed by atoms with Gasteiger partial charge in [-0.1, -0.05) is 55.8 Å². The number of halogens is 2. The molecule has 0 aliphatic carbocycles. The topological polar surface area (TPSA) is 83.4 Å². The lowest BCUT2D eigenvalue weighted by Gasteiger charge is -2.24. The molecule has 1 aliphatic heterocycles. The fourth-order valence-corrected chi connectivity index (χ4v) is 5.55. The van der Waals surface area contributed by atoms with E-state index >= 15 is 0 Å². The van der Waals surface area contributed by atoms with Crippen LogP contribution in [0.4, 0.5) is 9.52 Å². The lowest BCUT2D eigenvalue weighted by atomic mass is 9.84. The summed E-state index contributed by atoms with van der Waals surface area (Å²) < 4.78 is 14.6. The molecule has 1 aliphatic rings. The third-order valence-corrected chi connectivity index (χ3v) is 7.76. The van der Waals surface area contributed by atoms with Gasteiger partial charge < -0.3 is 5.11 Å². The Bertz CT molecular complexity index is 1570. The number of aliphatic hydroxyl groups excluding tert-OH is 1. The summed E-state index contributed by atoms with van der Waals surface area (Å²) in [5.74, 6) is -2.53. The first-order valence-corrected chi connectivity index (χ1v) is 12.7. The molecular formula is C28H23ClFN3O3S. The van der Waals surface area contributed by atoms with Gasteiger partial charge in [0.15, 0.2) is 5.13 Å². The predicted molar refractivity (Wildman–Crippen MR) is 143 cm³/mol. The molecule has 2 aromatic carbocycles. The molecule has 1 saturated heterocycles. The van der Waals surface area contributed by atoms with Crippen LogP contribution in [-0.2, 0) is 15.0 Å². The zero-order valence-corrected chi connectivity index (χ0v) is 22.1. The van der Waals surface area contributed by atoms with Crippen LogP contribution in [0.1, 0.15) is 49.1 Å². The highest BCUT2D eigenvalue weighted by Crippen LogP contribution is 2.45. The van der Waals surface area contributed by atoms with Crippen molar-refractivity contribution < 1.29 is 19.1 Å². The van der Waals surface area contributed by atoms with E-state index in [9.17, 15) is 19.1 Å². The molecule has 6 nitrogen and oxygen atoms in total. The highest BCUT2D eigenvalue weighted by Gasteiger charge is 2.48. The number of benzene rings is 2. The molecule has 4 aromatic rings. The van der Waals surface area contributed by atoms with Gasteiger partial charge in [-0.2, -0.15) is 0 Å². The van der Waals surface area contributed by atoms with E-state index < -0.39 is 23.5 Å². The number of aryl methyl sites for hydroxylation is 1. The Morgan fingerprint density at radius 1 is 1.11 bits per heavy atom. The molecule has 1 fully saturated rings. The Morgan fingerprint density at radius 2 is 1.81 bits per heavy atom. The lowest BCUT2D eigenvalue weighted by molar-refractivity contribution is -0.132. The van der Waals surface area contributed by atoms with Crippen molar-refractivity contribution in [1.29, 1.82) is 0 Å². The summed E-state index contributed by atoms with van der Waals surface area (Å²) in [6.07, 6.45) is 3.10. The Kier molecular flexibility index (Phi) is 6.12. The zero-order valence-electron chi connectivity index (χ0n) is 20.5. The lowest BCUT2D eigenvalue weighted by Crippen LogP contribution is -2.29. The van der Waals surface area contributed by atoms with Crippen molar-refractivity contribution in [3.05, 3.63) is 93.5 Å². The summed E-state index contributed by atoms with van der Waals surface area (Å²) in [6, 6.07) is 10.8. The van der Waals surface area contributed by atoms with Gasteiger partial charge >= 0.3 is 5.91 Å². The van der Waals surface area contributed by atoms with Crippen LogP contribution in [0.25, 0.3) is 16.0 Å². The average molecular weight is 536 g/mol. The van der Waals surface area contributed by atoms with Gasteiger partial charge in [0.1, 0.15) is 11.6 Å². The van der Waals surface area contributed by atoms with Crippen molar-refractivity contribution >= 4 is 55.7 Å². The standard InChI is InChI=1S/C28H23ClFN3O3S/c1-14-5-6-16(28(2,3)4)11-17(14)24(34)22-23(15-7-9-31-10-8-15)33(26(36)25(22)35)27-32-20-12-18(29)19(30)13-21(20)37-27/h5-13,23,34H,1-4H3/b24-22+. The maximum Gasteiger partial charge on any atom is 0.301 e. The van der Waals surface area contributed by atoms with Crippen LogP contribution in [0, 0.1) is 12.7 Å². The normalized spacial score (nSPS) is 17.7. The Balaban J connectivity index is 1.74. The Labute approximate surface area is 222 Å². The number of rotatable bonds is 3. The van der Waals surface area contributed by atoms with Gasteiger partial charge in [0.2, 0.25) is 0 Å². The zero-order chi connectivity index (χ0) is 26.6. The summed E-state index contributed by atoms with van der Waals surface area (Å²) in [5, 5.41) is 11.7. The van der Waals surface area contributed by atoms with E-state index in [4.69, 9.17) is 11.6 Å². The van der Waals surface area contributed by atoms with E-state index in [2.05, 4.69) is 30.7 Å². The third-order valence-electron chi connectivity index (χ3n) is 6.45. The minimum Gasteiger partial charge on any atom is -0.507 e. The summed E-state index contributed by atoms with van der Waals surface area (Å²) in [4.78, 5) is 36.7. The SMILES string of the molecule is Cc1ccc(C(C)(C)C)cc1/C(O)=C1\C(=O)C(=O)N(c2nc3cc(Cl)c(F)cc3s2)C1c1ccncc1. The number of hydrogen-bond acceptors (Lipinski definition) is 6. The molecule has 0 saturated carbocycles. The maximum absolute atomic E-state index is 14.1. The van der Waals surface area contributed by atoms with E-state index in [1.165, 1.54) is 17.0 Å². The first-order chi connectivity index (χ1) is 17.5. The monoisotopic (exact) mass is 535 g/mol. The van der Waals surface area contributed by atoms with E-state index in [-0.39, 0.29) is 26.9 Å². The molecule has 9 heteroatoms. The highest BCUT2D eigenvalue weighted by molar-refractivity contribution is 7.22. The molecule has 1 unspecified atom stereocenters. The molecule has 0 bridgehead atoms. The van der Waals surface area contributed by atoms with Crippen LogP contribution >= 0.6 is 22.9 Å². The number of Topliss-reactive ketones (excluding diaryl/α,β-unsaturated/α-hetero) is 1. The van der Waals surface area contributed by atoms with Gasteiger partial charge in [-0.3, -0.25) is 19.5 Å². The number of pyridine rings is 1. The first-order valence-electron chi connectivity index (χ1n) is 11.6. The van der Waals surface area contributed by atoms with E-state index in [0.717, 1.165) is 22.5 Å². The molecular weight excluding hydrogens is 513 g/mol. The van der Waals surface area contributed by atoms with Crippen molar-refractivity contribution in [3.8, 4) is 0 Å². The van der Waals surface area contributed by atoms with E-state index in [1.54, 1.807) is 24.5 Å². The average Bonchev–Trinajstić information content (AvgIpc) is 3.36. The smallest absolute Gasteiger partial charge is 0.301 e. The number of hydrogen-bond donors (Lipinski definition) is 1. The fourth-order valence-electron chi connectivity index (χ4n) is 4.39. The van der Waals surface area contributed by atoms with Gasteiger partial charge in [-0.25, -0.2) is 9.37 Å². The van der Waals surface area contributed by atoms with Gasteiger partial charge in [-0.15, -0.1) is 0 Å². The third kappa shape index (κ3) is 4.30. The quantitative estimate of drug-likeness (QED) is 0.179. The number of thiazole rings is 1. The fraction of sp³-hybridized carbons (Fsp3) is 0.214. The van der Waals surface area contributed by atoms with Crippen molar-refractivity contribution in [2.75, 3.05) is 4.90 Å². The van der Waals surface area contributed by atoms with Crippen molar-refractivity contribution in [2.24, 2.45) is 0 Å². The molecule has 1 N–H and O–H groups in total. The predicted octanol–water partition coefficient (Wildman–Crippen LogP) is 6.72. The van der Waals surface area contributed by atoms with Crippen LogP contribution in [0.3, 0.4) is 0 Å². The number of fused-ring (bicyclic) bond motifs is 1. The summed E-state index contributed by atoms with van der Waals surface area (Å²) in [6.45, 7) is 8.00. The minimum atomic E-state index is -0.957. The molecule has 3 heterocycles. The molecule has 188 valence electrons. The number of aliphatic hydroxyl groups is 1. The van der Waals surface area contributed by atoms with Gasteiger partial charge in [-0.05, 0) is 59.4 Å². The van der Waals surface area contributed by atoms with Gasteiger partial charge in [0.25, 0.3) is 5.78 Å². The maximum atomic E-state index is 14.1. The number of amides is 1. The number of nitrogens with zero attached hydrogens (tertiary/aromatic N) is 3. The second kappa shape index (κ2) is 9.04. The second-order valence-electron chi connectivity index (χ2n) is 9.96. The van der Waals surface area contributed by atoms with Gasteiger partial charge in [0, 0.05) is 18.0 Å². The van der Waals surface area contributed by atoms with Crippen LogP contribution < -0.4 is 4.90 Å². The van der Waals surface area contributed by atoms with Crippen molar-refractivity contribution in [2.45, 2.75) is 39.2 Å².